The van der Waals surface area contributed by atoms with Crippen LogP contribution in [0.25, 0.3) is 0 Å². The van der Waals surface area contributed by atoms with Crippen molar-refractivity contribution >= 4 is 29.5 Å². The molecule has 28 heavy (non-hydrogen) atoms. The summed E-state index contributed by atoms with van der Waals surface area (Å²) >= 11 is 12.8. The number of hydrogen-bond acceptors (Lipinski definition) is 3. The molecule has 0 amide bonds. The van der Waals surface area contributed by atoms with Crippen LogP contribution in [0.1, 0.15) is 32.2 Å². The molecule has 0 N–H and O–H groups in total. The van der Waals surface area contributed by atoms with Gasteiger partial charge in [0.05, 0.1) is 10.8 Å². The second kappa shape index (κ2) is 10.2. The molecule has 0 aliphatic carbocycles. The number of halogens is 2. The Morgan fingerprint density at radius 3 is 1.54 bits per heavy atom. The Balaban J connectivity index is 1.63. The van der Waals surface area contributed by atoms with Gasteiger partial charge in [0.25, 0.3) is 0 Å². The van der Waals surface area contributed by atoms with Gasteiger partial charge in [0, 0.05) is 11.6 Å². The summed E-state index contributed by atoms with van der Waals surface area (Å²) in [5, 5.41) is -0.591. The van der Waals surface area contributed by atoms with Crippen LogP contribution in [0.4, 0.5) is 0 Å². The number of rotatable bonds is 9. The van der Waals surface area contributed by atoms with Crippen LogP contribution < -0.4 is 9.47 Å². The fraction of sp³-hybridized carbons (Fsp3) is 0.174. The summed E-state index contributed by atoms with van der Waals surface area (Å²) in [7, 11) is 0. The number of alkyl halides is 2. The van der Waals surface area contributed by atoms with E-state index in [0.29, 0.717) is 17.1 Å². The van der Waals surface area contributed by atoms with E-state index in [9.17, 15) is 4.79 Å². The quantitative estimate of drug-likeness (QED) is 0.308. The zero-order chi connectivity index (χ0) is 19.8. The third-order valence-electron chi connectivity index (χ3n) is 4.15. The minimum atomic E-state index is -0.296. The summed E-state index contributed by atoms with van der Waals surface area (Å²) in [5.74, 6) is 1.04. The van der Waals surface area contributed by atoms with E-state index in [2.05, 4.69) is 0 Å². The molecule has 0 spiro atoms. The Morgan fingerprint density at radius 2 is 1.14 bits per heavy atom. The van der Waals surface area contributed by atoms with Gasteiger partial charge in [-0.3, -0.25) is 4.79 Å². The Hall–Kier alpha value is -2.49. The monoisotopic (exact) mass is 414 g/mol. The predicted octanol–water partition coefficient (Wildman–Crippen LogP) is 6.22. The molecular formula is C23H20Cl2O3. The first-order valence-electron chi connectivity index (χ1n) is 8.89. The maximum atomic E-state index is 11.3. The van der Waals surface area contributed by atoms with Gasteiger partial charge in [-0.2, -0.15) is 0 Å². The third-order valence-corrected chi connectivity index (χ3v) is 4.91. The normalized spacial score (nSPS) is 12.8. The van der Waals surface area contributed by atoms with Gasteiger partial charge in [0.1, 0.15) is 31.0 Å². The van der Waals surface area contributed by atoms with Crippen molar-refractivity contribution in [2.75, 3.05) is 13.2 Å². The third kappa shape index (κ3) is 5.75. The average molecular weight is 415 g/mol. The van der Waals surface area contributed by atoms with E-state index < -0.39 is 0 Å². The molecule has 2 unspecified atom stereocenters. The number of carbonyl (C=O) groups is 1. The van der Waals surface area contributed by atoms with Crippen LogP contribution in [-0.2, 0) is 0 Å². The highest BCUT2D eigenvalue weighted by Crippen LogP contribution is 2.27. The maximum absolute atomic E-state index is 11.3. The SMILES string of the molecule is O=Cc1cc(OCC(Cl)c2ccccc2)cc(OCC(Cl)c2ccccc2)c1. The van der Waals surface area contributed by atoms with Gasteiger partial charge in [0.2, 0.25) is 0 Å². The highest BCUT2D eigenvalue weighted by Gasteiger charge is 2.12. The summed E-state index contributed by atoms with van der Waals surface area (Å²) in [6, 6.07) is 24.4. The van der Waals surface area contributed by atoms with Gasteiger partial charge in [0.15, 0.2) is 0 Å². The second-order valence-corrected chi connectivity index (χ2v) is 7.29. The van der Waals surface area contributed by atoms with Crippen LogP contribution in [-0.4, -0.2) is 19.5 Å². The Labute approximate surface area is 174 Å². The molecule has 0 heterocycles. The molecule has 3 nitrogen and oxygen atoms in total. The molecule has 0 saturated carbocycles. The molecule has 3 aromatic rings. The second-order valence-electron chi connectivity index (χ2n) is 6.23. The van der Waals surface area contributed by atoms with E-state index in [0.717, 1.165) is 17.4 Å². The highest BCUT2D eigenvalue weighted by atomic mass is 35.5. The van der Waals surface area contributed by atoms with Crippen molar-refractivity contribution in [1.29, 1.82) is 0 Å². The average Bonchev–Trinajstić information content (AvgIpc) is 2.76. The Kier molecular flexibility index (Phi) is 7.35. The summed E-state index contributed by atoms with van der Waals surface area (Å²) in [5.41, 5.74) is 2.41. The zero-order valence-corrected chi connectivity index (χ0v) is 16.6. The molecule has 0 bridgehead atoms. The Bertz CT molecular complexity index is 817. The standard InChI is InChI=1S/C23H20Cl2O3/c24-22(18-7-3-1-4-8-18)15-27-20-11-17(14-26)12-21(13-20)28-16-23(25)19-9-5-2-6-10-19/h1-14,22-23H,15-16H2. The van der Waals surface area contributed by atoms with Gasteiger partial charge < -0.3 is 9.47 Å². The van der Waals surface area contributed by atoms with Crippen molar-refractivity contribution in [3.05, 3.63) is 95.6 Å². The van der Waals surface area contributed by atoms with E-state index in [4.69, 9.17) is 32.7 Å². The lowest BCUT2D eigenvalue weighted by Crippen LogP contribution is -2.07. The lowest BCUT2D eigenvalue weighted by molar-refractivity contribution is 0.112. The van der Waals surface area contributed by atoms with Gasteiger partial charge in [-0.05, 0) is 23.3 Å². The van der Waals surface area contributed by atoms with Gasteiger partial charge >= 0.3 is 0 Å². The summed E-state index contributed by atoms with van der Waals surface area (Å²) in [4.78, 5) is 11.3. The minimum absolute atomic E-state index is 0.273. The van der Waals surface area contributed by atoms with E-state index in [1.54, 1.807) is 18.2 Å². The molecule has 5 heteroatoms. The minimum Gasteiger partial charge on any atom is -0.492 e. The molecule has 2 atom stereocenters. The van der Waals surface area contributed by atoms with E-state index in [-0.39, 0.29) is 24.0 Å². The number of hydrogen-bond donors (Lipinski definition) is 0. The first-order valence-corrected chi connectivity index (χ1v) is 9.77. The maximum Gasteiger partial charge on any atom is 0.150 e. The molecule has 0 radical (unpaired) electrons. The number of ether oxygens (including phenoxy) is 2. The molecule has 144 valence electrons. The highest BCUT2D eigenvalue weighted by molar-refractivity contribution is 6.21. The van der Waals surface area contributed by atoms with Crippen molar-refractivity contribution in [2.45, 2.75) is 10.8 Å². The van der Waals surface area contributed by atoms with Gasteiger partial charge in [-0.25, -0.2) is 0 Å². The van der Waals surface area contributed by atoms with Crippen molar-refractivity contribution in [3.8, 4) is 11.5 Å². The first-order chi connectivity index (χ1) is 13.7. The fourth-order valence-corrected chi connectivity index (χ4v) is 3.10. The van der Waals surface area contributed by atoms with Crippen molar-refractivity contribution in [2.24, 2.45) is 0 Å². The van der Waals surface area contributed by atoms with Crippen molar-refractivity contribution in [3.63, 3.8) is 0 Å². The molecule has 0 aromatic heterocycles. The fourth-order valence-electron chi connectivity index (χ4n) is 2.68. The predicted molar refractivity (Wildman–Crippen MR) is 113 cm³/mol. The molecule has 3 aromatic carbocycles. The molecule has 0 fully saturated rings. The molecule has 3 rings (SSSR count). The first kappa shape index (κ1) is 20.2. The van der Waals surface area contributed by atoms with Crippen molar-refractivity contribution < 1.29 is 14.3 Å². The topological polar surface area (TPSA) is 35.5 Å². The molecule has 0 aliphatic rings. The van der Waals surface area contributed by atoms with E-state index >= 15 is 0 Å². The number of benzene rings is 3. The summed E-state index contributed by atoms with van der Waals surface area (Å²) < 4.78 is 11.6. The van der Waals surface area contributed by atoms with Crippen LogP contribution >= 0.6 is 23.2 Å². The van der Waals surface area contributed by atoms with Gasteiger partial charge in [-0.1, -0.05) is 60.7 Å². The van der Waals surface area contributed by atoms with E-state index in [1.165, 1.54) is 0 Å². The summed E-state index contributed by atoms with van der Waals surface area (Å²) in [6.07, 6.45) is 0.754. The van der Waals surface area contributed by atoms with Crippen LogP contribution in [0.5, 0.6) is 11.5 Å². The van der Waals surface area contributed by atoms with Crippen LogP contribution in [0.3, 0.4) is 0 Å². The smallest absolute Gasteiger partial charge is 0.150 e. The number of carbonyl (C=O) groups excluding carboxylic acids is 1. The molecule has 0 aliphatic heterocycles. The lowest BCUT2D eigenvalue weighted by atomic mass is 10.1. The lowest BCUT2D eigenvalue weighted by Gasteiger charge is -2.15. The van der Waals surface area contributed by atoms with Crippen LogP contribution in [0.15, 0.2) is 78.9 Å². The van der Waals surface area contributed by atoms with Crippen LogP contribution in [0, 0.1) is 0 Å². The van der Waals surface area contributed by atoms with Crippen molar-refractivity contribution in [1.82, 2.24) is 0 Å². The molecule has 0 saturated heterocycles. The van der Waals surface area contributed by atoms with Crippen LogP contribution in [0.2, 0.25) is 0 Å². The van der Waals surface area contributed by atoms with Gasteiger partial charge in [-0.15, -0.1) is 23.2 Å². The molecular weight excluding hydrogens is 395 g/mol. The zero-order valence-electron chi connectivity index (χ0n) is 15.1. The summed E-state index contributed by atoms with van der Waals surface area (Å²) in [6.45, 7) is 0.547. The van der Waals surface area contributed by atoms with E-state index in [1.807, 2.05) is 60.7 Å². The Morgan fingerprint density at radius 1 is 0.714 bits per heavy atom. The largest absolute Gasteiger partial charge is 0.492 e. The number of aldehydes is 1.